The normalized spacial score (nSPS) is 31.2. The Kier molecular flexibility index (Phi) is 4.52. The average Bonchev–Trinajstić information content (AvgIpc) is 2.69. The third-order valence-electron chi connectivity index (χ3n) is 4.59. The molecule has 2 unspecified atom stereocenters. The summed E-state index contributed by atoms with van der Waals surface area (Å²) in [7, 11) is 0. The minimum Gasteiger partial charge on any atom is -0.481 e. The van der Waals surface area contributed by atoms with Gasteiger partial charge in [-0.3, -0.25) is 4.79 Å². The van der Waals surface area contributed by atoms with Gasteiger partial charge in [0, 0.05) is 19.6 Å². The molecule has 6 nitrogen and oxygen atoms in total. The number of nitrogens with zero attached hydrogens (tertiary/aromatic N) is 2. The molecule has 2 amide bonds. The zero-order valence-electron chi connectivity index (χ0n) is 12.0. The van der Waals surface area contributed by atoms with Gasteiger partial charge in [0.05, 0.1) is 18.1 Å². The molecule has 0 aromatic rings. The smallest absolute Gasteiger partial charge is 0.320 e. The zero-order chi connectivity index (χ0) is 14.8. The highest BCUT2D eigenvalue weighted by atomic mass is 16.4. The number of likely N-dealkylation sites (tertiary alicyclic amines) is 2. The maximum atomic E-state index is 12.6. The quantitative estimate of drug-likeness (QED) is 0.797. The van der Waals surface area contributed by atoms with E-state index in [4.69, 9.17) is 0 Å². The summed E-state index contributed by atoms with van der Waals surface area (Å²) < 4.78 is 0. The van der Waals surface area contributed by atoms with Gasteiger partial charge in [0.2, 0.25) is 0 Å². The molecular formula is C14H24N2O4. The molecule has 0 aromatic carbocycles. The SMILES string of the molecule is CC1(C(=O)O)CCN(C(=O)N2CCCCCC2CO)C1. The van der Waals surface area contributed by atoms with Gasteiger partial charge in [-0.1, -0.05) is 12.8 Å². The molecule has 0 aromatic heterocycles. The summed E-state index contributed by atoms with van der Waals surface area (Å²) in [5.74, 6) is -0.845. The number of aliphatic hydroxyl groups is 1. The number of aliphatic hydroxyl groups excluding tert-OH is 1. The molecule has 0 radical (unpaired) electrons. The molecule has 0 aliphatic carbocycles. The van der Waals surface area contributed by atoms with Gasteiger partial charge in [0.1, 0.15) is 0 Å². The minimum atomic E-state index is -0.845. The Balaban J connectivity index is 2.05. The van der Waals surface area contributed by atoms with Crippen molar-refractivity contribution in [1.29, 1.82) is 0 Å². The van der Waals surface area contributed by atoms with Crippen LogP contribution in [0.1, 0.15) is 39.0 Å². The summed E-state index contributed by atoms with van der Waals surface area (Å²) in [5, 5.41) is 18.7. The van der Waals surface area contributed by atoms with E-state index >= 15 is 0 Å². The number of amides is 2. The number of rotatable bonds is 2. The Morgan fingerprint density at radius 3 is 2.60 bits per heavy atom. The van der Waals surface area contributed by atoms with Crippen molar-refractivity contribution in [2.45, 2.75) is 45.1 Å². The number of carboxylic acid groups (broad SMARTS) is 1. The van der Waals surface area contributed by atoms with Crippen LogP contribution in [0, 0.1) is 5.41 Å². The fraction of sp³-hybridized carbons (Fsp3) is 0.857. The van der Waals surface area contributed by atoms with Crippen LogP contribution < -0.4 is 0 Å². The van der Waals surface area contributed by atoms with Crippen LogP contribution in [0.15, 0.2) is 0 Å². The third-order valence-corrected chi connectivity index (χ3v) is 4.59. The Labute approximate surface area is 119 Å². The van der Waals surface area contributed by atoms with Crippen molar-refractivity contribution in [1.82, 2.24) is 9.80 Å². The Morgan fingerprint density at radius 1 is 1.25 bits per heavy atom. The summed E-state index contributed by atoms with van der Waals surface area (Å²) in [6, 6.07) is -0.238. The minimum absolute atomic E-state index is 0.0181. The Bertz CT molecular complexity index is 387. The van der Waals surface area contributed by atoms with Crippen molar-refractivity contribution in [2.75, 3.05) is 26.2 Å². The zero-order valence-corrected chi connectivity index (χ0v) is 12.0. The van der Waals surface area contributed by atoms with Crippen molar-refractivity contribution >= 4 is 12.0 Å². The van der Waals surface area contributed by atoms with Gasteiger partial charge in [0.25, 0.3) is 0 Å². The van der Waals surface area contributed by atoms with Crippen LogP contribution in [-0.2, 0) is 4.79 Å². The van der Waals surface area contributed by atoms with Crippen molar-refractivity contribution in [3.05, 3.63) is 0 Å². The first-order valence-corrected chi connectivity index (χ1v) is 7.38. The fourth-order valence-corrected chi connectivity index (χ4v) is 3.10. The summed E-state index contributed by atoms with van der Waals surface area (Å²) in [6.07, 6.45) is 4.37. The topological polar surface area (TPSA) is 81.1 Å². The standard InChI is InChI=1S/C14H24N2O4/c1-14(12(18)19)6-8-15(10-14)13(20)16-7-4-2-3-5-11(16)9-17/h11,17H,2-10H2,1H3,(H,18,19). The van der Waals surface area contributed by atoms with Gasteiger partial charge in [-0.2, -0.15) is 0 Å². The molecule has 2 aliphatic rings. The summed E-state index contributed by atoms with van der Waals surface area (Å²) in [4.78, 5) is 27.2. The van der Waals surface area contributed by atoms with E-state index in [1.807, 2.05) is 0 Å². The predicted molar refractivity (Wildman–Crippen MR) is 73.4 cm³/mol. The van der Waals surface area contributed by atoms with E-state index in [9.17, 15) is 19.8 Å². The van der Waals surface area contributed by atoms with Crippen molar-refractivity contribution in [3.8, 4) is 0 Å². The lowest BCUT2D eigenvalue weighted by atomic mass is 9.90. The molecule has 2 fully saturated rings. The highest BCUT2D eigenvalue weighted by Gasteiger charge is 2.43. The van der Waals surface area contributed by atoms with Gasteiger partial charge in [-0.25, -0.2) is 4.79 Å². The average molecular weight is 284 g/mol. The van der Waals surface area contributed by atoms with E-state index in [2.05, 4.69) is 0 Å². The van der Waals surface area contributed by atoms with Crippen molar-refractivity contribution in [3.63, 3.8) is 0 Å². The number of hydrogen-bond donors (Lipinski definition) is 2. The van der Waals surface area contributed by atoms with Crippen LogP contribution in [0.2, 0.25) is 0 Å². The summed E-state index contributed by atoms with van der Waals surface area (Å²) in [6.45, 7) is 3.07. The van der Waals surface area contributed by atoms with E-state index in [0.717, 1.165) is 25.7 Å². The monoisotopic (exact) mass is 284 g/mol. The summed E-state index contributed by atoms with van der Waals surface area (Å²) in [5.41, 5.74) is -0.837. The molecule has 2 N–H and O–H groups in total. The molecule has 2 rings (SSSR count). The van der Waals surface area contributed by atoms with Gasteiger partial charge in [-0.15, -0.1) is 0 Å². The lowest BCUT2D eigenvalue weighted by Crippen LogP contribution is -2.49. The first-order chi connectivity index (χ1) is 9.48. The van der Waals surface area contributed by atoms with Gasteiger partial charge >= 0.3 is 12.0 Å². The number of urea groups is 1. The van der Waals surface area contributed by atoms with Gasteiger partial charge in [0.15, 0.2) is 0 Å². The largest absolute Gasteiger partial charge is 0.481 e. The van der Waals surface area contributed by atoms with Crippen molar-refractivity contribution in [2.24, 2.45) is 5.41 Å². The second-order valence-electron chi connectivity index (χ2n) is 6.20. The molecule has 2 atom stereocenters. The van der Waals surface area contributed by atoms with Crippen LogP contribution in [-0.4, -0.2) is 64.3 Å². The second-order valence-corrected chi connectivity index (χ2v) is 6.20. The number of carbonyl (C=O) groups is 2. The van der Waals surface area contributed by atoms with Gasteiger partial charge in [-0.05, 0) is 26.2 Å². The molecule has 0 saturated carbocycles. The first kappa shape index (κ1) is 15.1. The van der Waals surface area contributed by atoms with E-state index in [-0.39, 0.29) is 25.2 Å². The molecular weight excluding hydrogens is 260 g/mol. The third kappa shape index (κ3) is 2.90. The van der Waals surface area contributed by atoms with Crippen LogP contribution in [0.3, 0.4) is 0 Å². The van der Waals surface area contributed by atoms with E-state index in [1.165, 1.54) is 0 Å². The molecule has 20 heavy (non-hydrogen) atoms. The maximum absolute atomic E-state index is 12.6. The highest BCUT2D eigenvalue weighted by molar-refractivity contribution is 5.79. The molecule has 0 spiro atoms. The van der Waals surface area contributed by atoms with Crippen LogP contribution in [0.5, 0.6) is 0 Å². The lowest BCUT2D eigenvalue weighted by Gasteiger charge is -2.33. The molecule has 114 valence electrons. The number of aliphatic carboxylic acids is 1. The molecule has 2 aliphatic heterocycles. The molecule has 6 heteroatoms. The molecule has 2 saturated heterocycles. The van der Waals surface area contributed by atoms with Crippen molar-refractivity contribution < 1.29 is 19.8 Å². The maximum Gasteiger partial charge on any atom is 0.320 e. The second kappa shape index (κ2) is 5.99. The molecule has 2 heterocycles. The fourth-order valence-electron chi connectivity index (χ4n) is 3.10. The van der Waals surface area contributed by atoms with Crippen LogP contribution in [0.25, 0.3) is 0 Å². The molecule has 0 bridgehead atoms. The highest BCUT2D eigenvalue weighted by Crippen LogP contribution is 2.31. The number of carboxylic acids is 1. The van der Waals surface area contributed by atoms with Crippen LogP contribution >= 0.6 is 0 Å². The van der Waals surface area contributed by atoms with Gasteiger partial charge < -0.3 is 20.0 Å². The lowest BCUT2D eigenvalue weighted by molar-refractivity contribution is -0.147. The number of hydrogen-bond acceptors (Lipinski definition) is 3. The van der Waals surface area contributed by atoms with Crippen LogP contribution in [0.4, 0.5) is 4.79 Å². The van der Waals surface area contributed by atoms with E-state index in [1.54, 1.807) is 16.7 Å². The Morgan fingerprint density at radius 2 is 2.00 bits per heavy atom. The Hall–Kier alpha value is -1.30. The first-order valence-electron chi connectivity index (χ1n) is 7.38. The van der Waals surface area contributed by atoms with E-state index < -0.39 is 11.4 Å². The number of carbonyl (C=O) groups excluding carboxylic acids is 1. The van der Waals surface area contributed by atoms with E-state index in [0.29, 0.717) is 19.5 Å². The summed E-state index contributed by atoms with van der Waals surface area (Å²) >= 11 is 0. The predicted octanol–water partition coefficient (Wildman–Crippen LogP) is 1.14.